The van der Waals surface area contributed by atoms with Crippen molar-refractivity contribution in [3.63, 3.8) is 0 Å². The van der Waals surface area contributed by atoms with Crippen LogP contribution in [0.1, 0.15) is 19.4 Å². The minimum Gasteiger partial charge on any atom is -0.497 e. The second-order valence-electron chi connectivity index (χ2n) is 4.59. The number of nitriles is 1. The average Bonchev–Trinajstić information content (AvgIpc) is 2.38. The molecule has 1 rings (SSSR count). The molecule has 1 aromatic carbocycles. The second kappa shape index (κ2) is 6.27. The summed E-state index contributed by atoms with van der Waals surface area (Å²) in [6, 6.07) is 7.97. The molecule has 0 aromatic heterocycles. The number of rotatable bonds is 6. The molecule has 98 valence electrons. The fourth-order valence-electron chi connectivity index (χ4n) is 1.61. The highest BCUT2D eigenvalue weighted by atomic mass is 16.5. The molecule has 0 saturated heterocycles. The lowest BCUT2D eigenvalue weighted by Gasteiger charge is -2.18. The van der Waals surface area contributed by atoms with Gasteiger partial charge in [-0.15, -0.1) is 0 Å². The molecule has 1 N–H and O–H groups in total. The van der Waals surface area contributed by atoms with Gasteiger partial charge >= 0.3 is 0 Å². The number of hydrogen-bond donors (Lipinski definition) is 1. The molecule has 0 spiro atoms. The van der Waals surface area contributed by atoms with Crippen LogP contribution in [0.3, 0.4) is 0 Å². The number of nitrogens with zero attached hydrogens (tertiary/aromatic N) is 1. The first-order valence-electron chi connectivity index (χ1n) is 5.89. The summed E-state index contributed by atoms with van der Waals surface area (Å²) in [4.78, 5) is 0. The minimum absolute atomic E-state index is 0.500. The van der Waals surface area contributed by atoms with Crippen molar-refractivity contribution in [1.29, 1.82) is 5.26 Å². The molecule has 0 atom stereocenters. The summed E-state index contributed by atoms with van der Waals surface area (Å²) in [5.74, 6) is 1.59. The van der Waals surface area contributed by atoms with Gasteiger partial charge in [-0.2, -0.15) is 5.26 Å². The van der Waals surface area contributed by atoms with Gasteiger partial charge in [0.15, 0.2) is 0 Å². The van der Waals surface area contributed by atoms with Crippen LogP contribution in [0.25, 0.3) is 0 Å². The zero-order valence-corrected chi connectivity index (χ0v) is 11.4. The van der Waals surface area contributed by atoms with E-state index in [0.717, 1.165) is 30.0 Å². The van der Waals surface area contributed by atoms with Crippen molar-refractivity contribution in [3.8, 4) is 17.6 Å². The number of benzene rings is 1. The van der Waals surface area contributed by atoms with Crippen LogP contribution in [0.5, 0.6) is 11.5 Å². The third-order valence-electron chi connectivity index (χ3n) is 2.74. The van der Waals surface area contributed by atoms with Crippen molar-refractivity contribution in [2.45, 2.75) is 25.8 Å². The van der Waals surface area contributed by atoms with Crippen LogP contribution in [-0.2, 0) is 6.42 Å². The first-order valence-corrected chi connectivity index (χ1v) is 5.89. The third-order valence-corrected chi connectivity index (χ3v) is 2.74. The maximum Gasteiger partial charge on any atom is 0.125 e. The molecule has 0 aliphatic heterocycles. The van der Waals surface area contributed by atoms with Crippen molar-refractivity contribution in [3.05, 3.63) is 23.8 Å². The molecule has 18 heavy (non-hydrogen) atoms. The highest BCUT2D eigenvalue weighted by Gasteiger charge is 2.15. The topological polar surface area (TPSA) is 54.3 Å². The summed E-state index contributed by atoms with van der Waals surface area (Å²) in [5, 5.41) is 12.1. The summed E-state index contributed by atoms with van der Waals surface area (Å²) in [7, 11) is 3.27. The highest BCUT2D eigenvalue weighted by Crippen LogP contribution is 2.24. The molecule has 0 fully saturated rings. The fraction of sp³-hybridized carbons (Fsp3) is 0.500. The monoisotopic (exact) mass is 248 g/mol. The molecule has 0 aliphatic rings. The lowest BCUT2D eigenvalue weighted by atomic mass is 10.1. The molecule has 0 amide bonds. The van der Waals surface area contributed by atoms with Crippen molar-refractivity contribution in [2.75, 3.05) is 20.8 Å². The van der Waals surface area contributed by atoms with Crippen LogP contribution < -0.4 is 14.8 Å². The Labute approximate surface area is 109 Å². The molecule has 0 unspecified atom stereocenters. The summed E-state index contributed by atoms with van der Waals surface area (Å²) in [6.07, 6.45) is 0.804. The molecular weight excluding hydrogens is 228 g/mol. The Kier molecular flexibility index (Phi) is 4.99. The number of nitrogens with one attached hydrogen (secondary N) is 1. The zero-order chi connectivity index (χ0) is 13.6. The van der Waals surface area contributed by atoms with Gasteiger partial charge in [0, 0.05) is 12.6 Å². The largest absolute Gasteiger partial charge is 0.497 e. The molecule has 0 saturated carbocycles. The molecule has 0 aliphatic carbocycles. The fourth-order valence-corrected chi connectivity index (χ4v) is 1.61. The van der Waals surface area contributed by atoms with E-state index in [0.29, 0.717) is 0 Å². The van der Waals surface area contributed by atoms with Crippen LogP contribution in [0, 0.1) is 11.3 Å². The number of ether oxygens (including phenoxy) is 2. The molecule has 1 aromatic rings. The average molecular weight is 248 g/mol. The lowest BCUT2D eigenvalue weighted by Crippen LogP contribution is -2.38. The number of methoxy groups -OCH3 is 2. The van der Waals surface area contributed by atoms with Gasteiger partial charge in [0.1, 0.15) is 17.0 Å². The van der Waals surface area contributed by atoms with Gasteiger partial charge in [0.05, 0.1) is 20.3 Å². The summed E-state index contributed by atoms with van der Waals surface area (Å²) in [6.45, 7) is 4.44. The molecule has 4 nitrogen and oxygen atoms in total. The Morgan fingerprint density at radius 1 is 1.28 bits per heavy atom. The maximum absolute atomic E-state index is 8.91. The lowest BCUT2D eigenvalue weighted by molar-refractivity contribution is 0.390. The Balaban J connectivity index is 2.65. The molecule has 0 heterocycles. The summed E-state index contributed by atoms with van der Waals surface area (Å²) < 4.78 is 10.5. The van der Waals surface area contributed by atoms with E-state index in [9.17, 15) is 0 Å². The Morgan fingerprint density at radius 2 is 2.00 bits per heavy atom. The van der Waals surface area contributed by atoms with Gasteiger partial charge in [0.25, 0.3) is 0 Å². The molecule has 0 radical (unpaired) electrons. The van der Waals surface area contributed by atoms with E-state index in [1.54, 1.807) is 14.2 Å². The van der Waals surface area contributed by atoms with Crippen LogP contribution in [0.15, 0.2) is 18.2 Å². The normalized spacial score (nSPS) is 10.8. The van der Waals surface area contributed by atoms with E-state index in [-0.39, 0.29) is 0 Å². The van der Waals surface area contributed by atoms with Crippen LogP contribution >= 0.6 is 0 Å². The van der Waals surface area contributed by atoms with E-state index in [1.165, 1.54) is 0 Å². The SMILES string of the molecule is COc1ccc(CCNC(C)(C)C#N)c(OC)c1. The predicted octanol–water partition coefficient (Wildman–Crippen LogP) is 2.14. The zero-order valence-electron chi connectivity index (χ0n) is 11.4. The van der Waals surface area contributed by atoms with E-state index >= 15 is 0 Å². The van der Waals surface area contributed by atoms with E-state index in [2.05, 4.69) is 11.4 Å². The Bertz CT molecular complexity index is 436. The molecule has 4 heteroatoms. The van der Waals surface area contributed by atoms with Gasteiger partial charge in [-0.3, -0.25) is 5.32 Å². The standard InChI is InChI=1S/C14H20N2O2/c1-14(2,10-15)16-8-7-11-5-6-12(17-3)9-13(11)18-4/h5-6,9,16H,7-8H2,1-4H3. The van der Waals surface area contributed by atoms with Crippen molar-refractivity contribution < 1.29 is 9.47 Å². The van der Waals surface area contributed by atoms with Gasteiger partial charge in [-0.25, -0.2) is 0 Å². The third kappa shape index (κ3) is 3.94. The molecule has 0 bridgehead atoms. The van der Waals surface area contributed by atoms with E-state index in [4.69, 9.17) is 14.7 Å². The minimum atomic E-state index is -0.500. The summed E-state index contributed by atoms with van der Waals surface area (Å²) in [5.41, 5.74) is 0.597. The van der Waals surface area contributed by atoms with Crippen molar-refractivity contribution in [1.82, 2.24) is 5.32 Å². The van der Waals surface area contributed by atoms with E-state index in [1.807, 2.05) is 32.0 Å². The predicted molar refractivity (Wildman–Crippen MR) is 70.9 cm³/mol. The quantitative estimate of drug-likeness (QED) is 0.838. The number of hydrogen-bond acceptors (Lipinski definition) is 4. The van der Waals surface area contributed by atoms with Crippen LogP contribution in [-0.4, -0.2) is 26.3 Å². The highest BCUT2D eigenvalue weighted by molar-refractivity contribution is 5.40. The maximum atomic E-state index is 8.91. The second-order valence-corrected chi connectivity index (χ2v) is 4.59. The first-order chi connectivity index (χ1) is 8.52. The van der Waals surface area contributed by atoms with Gasteiger partial charge in [-0.05, 0) is 31.9 Å². The molecular formula is C14H20N2O2. The van der Waals surface area contributed by atoms with Crippen LogP contribution in [0.2, 0.25) is 0 Å². The Morgan fingerprint density at radius 3 is 2.56 bits per heavy atom. The van der Waals surface area contributed by atoms with Crippen molar-refractivity contribution >= 4 is 0 Å². The van der Waals surface area contributed by atoms with Gasteiger partial charge < -0.3 is 9.47 Å². The van der Waals surface area contributed by atoms with Crippen LogP contribution in [0.4, 0.5) is 0 Å². The van der Waals surface area contributed by atoms with Crippen molar-refractivity contribution in [2.24, 2.45) is 0 Å². The van der Waals surface area contributed by atoms with Gasteiger partial charge in [-0.1, -0.05) is 6.07 Å². The smallest absolute Gasteiger partial charge is 0.125 e. The first kappa shape index (κ1) is 14.3. The Hall–Kier alpha value is -1.73. The van der Waals surface area contributed by atoms with E-state index < -0.39 is 5.54 Å². The van der Waals surface area contributed by atoms with Gasteiger partial charge in [0.2, 0.25) is 0 Å². The summed E-state index contributed by atoms with van der Waals surface area (Å²) >= 11 is 0.